The van der Waals surface area contributed by atoms with Gasteiger partial charge in [-0.1, -0.05) is 18.2 Å². The molecule has 1 aromatic heterocycles. The van der Waals surface area contributed by atoms with Crippen LogP contribution in [0.1, 0.15) is 21.6 Å². The Bertz CT molecular complexity index is 608. The number of nitrogens with zero attached hydrogens (tertiary/aromatic N) is 1. The number of aromatic nitrogens is 1. The van der Waals surface area contributed by atoms with Crippen LogP contribution in [0.2, 0.25) is 0 Å². The van der Waals surface area contributed by atoms with Crippen LogP contribution in [0.5, 0.6) is 0 Å². The Morgan fingerprint density at radius 2 is 1.89 bits per heavy atom. The third-order valence-corrected chi connectivity index (χ3v) is 2.95. The first-order valence-electron chi connectivity index (χ1n) is 6.13. The van der Waals surface area contributed by atoms with Crippen molar-refractivity contribution in [2.45, 2.75) is 13.8 Å². The van der Waals surface area contributed by atoms with Gasteiger partial charge >= 0.3 is 0 Å². The predicted molar refractivity (Wildman–Crippen MR) is 77.7 cm³/mol. The fourth-order valence-corrected chi connectivity index (χ4v) is 1.85. The van der Waals surface area contributed by atoms with Crippen molar-refractivity contribution in [3.63, 3.8) is 0 Å². The van der Waals surface area contributed by atoms with Crippen molar-refractivity contribution in [3.8, 4) is 0 Å². The van der Waals surface area contributed by atoms with Crippen LogP contribution in [0.25, 0.3) is 0 Å². The van der Waals surface area contributed by atoms with Crippen LogP contribution < -0.4 is 10.6 Å². The molecule has 0 aliphatic carbocycles. The smallest absolute Gasteiger partial charge is 0.259 e. The van der Waals surface area contributed by atoms with Crippen molar-refractivity contribution in [1.82, 2.24) is 4.98 Å². The average Bonchev–Trinajstić information content (AvgIpc) is 2.41. The Kier molecular flexibility index (Phi) is 3.80. The van der Waals surface area contributed by atoms with Crippen molar-refractivity contribution in [2.24, 2.45) is 0 Å². The molecule has 2 rings (SSSR count). The SMILES string of the molecule is CNc1cc(C)ncc1C(=O)Nc1ccccc1C. The van der Waals surface area contributed by atoms with Gasteiger partial charge in [0, 0.05) is 24.6 Å². The number of anilines is 2. The molecule has 1 aromatic carbocycles. The number of hydrogen-bond donors (Lipinski definition) is 2. The zero-order valence-corrected chi connectivity index (χ0v) is 11.3. The molecule has 4 heteroatoms. The molecular formula is C15H17N3O. The molecule has 1 heterocycles. The van der Waals surface area contributed by atoms with E-state index in [-0.39, 0.29) is 5.91 Å². The van der Waals surface area contributed by atoms with Crippen molar-refractivity contribution in [3.05, 3.63) is 53.3 Å². The standard InChI is InChI=1S/C15H17N3O/c1-10-6-4-5-7-13(10)18-15(19)12-9-17-11(2)8-14(12)16-3/h4-9H,1-3H3,(H,16,17)(H,18,19). The number of carbonyl (C=O) groups is 1. The van der Waals surface area contributed by atoms with Gasteiger partial charge in [-0.25, -0.2) is 0 Å². The summed E-state index contributed by atoms with van der Waals surface area (Å²) in [5.74, 6) is -0.161. The lowest BCUT2D eigenvalue weighted by molar-refractivity contribution is 0.102. The first-order valence-corrected chi connectivity index (χ1v) is 6.13. The molecule has 4 nitrogen and oxygen atoms in total. The quantitative estimate of drug-likeness (QED) is 0.886. The molecule has 1 amide bonds. The van der Waals surface area contributed by atoms with Crippen LogP contribution in [0.4, 0.5) is 11.4 Å². The molecule has 0 radical (unpaired) electrons. The number of hydrogen-bond acceptors (Lipinski definition) is 3. The predicted octanol–water partition coefficient (Wildman–Crippen LogP) is 2.99. The minimum Gasteiger partial charge on any atom is -0.387 e. The van der Waals surface area contributed by atoms with E-state index in [0.29, 0.717) is 5.56 Å². The van der Waals surface area contributed by atoms with Crippen molar-refractivity contribution < 1.29 is 4.79 Å². The Morgan fingerprint density at radius 3 is 2.58 bits per heavy atom. The summed E-state index contributed by atoms with van der Waals surface area (Å²) in [5, 5.41) is 5.92. The number of amides is 1. The van der Waals surface area contributed by atoms with E-state index in [0.717, 1.165) is 22.6 Å². The maximum absolute atomic E-state index is 12.3. The summed E-state index contributed by atoms with van der Waals surface area (Å²) in [6.45, 7) is 3.85. The van der Waals surface area contributed by atoms with Crippen molar-refractivity contribution >= 4 is 17.3 Å². The highest BCUT2D eigenvalue weighted by Gasteiger charge is 2.12. The van der Waals surface area contributed by atoms with Gasteiger partial charge in [-0.15, -0.1) is 0 Å². The van der Waals surface area contributed by atoms with E-state index in [1.165, 1.54) is 0 Å². The number of aryl methyl sites for hydroxylation is 2. The maximum Gasteiger partial charge on any atom is 0.259 e. The number of carbonyl (C=O) groups excluding carboxylic acids is 1. The van der Waals surface area contributed by atoms with E-state index in [2.05, 4.69) is 15.6 Å². The molecule has 0 unspecified atom stereocenters. The fraction of sp³-hybridized carbons (Fsp3) is 0.200. The third kappa shape index (κ3) is 2.91. The van der Waals surface area contributed by atoms with Crippen LogP contribution >= 0.6 is 0 Å². The van der Waals surface area contributed by atoms with Gasteiger partial charge < -0.3 is 10.6 Å². The number of para-hydroxylation sites is 1. The van der Waals surface area contributed by atoms with E-state index >= 15 is 0 Å². The highest BCUT2D eigenvalue weighted by Crippen LogP contribution is 2.19. The highest BCUT2D eigenvalue weighted by molar-refractivity contribution is 6.08. The second kappa shape index (κ2) is 5.52. The summed E-state index contributed by atoms with van der Waals surface area (Å²) in [5.41, 5.74) is 4.03. The molecule has 2 N–H and O–H groups in total. The lowest BCUT2D eigenvalue weighted by atomic mass is 10.1. The number of nitrogens with one attached hydrogen (secondary N) is 2. The molecule has 0 atom stereocenters. The molecule has 2 aromatic rings. The lowest BCUT2D eigenvalue weighted by Crippen LogP contribution is -2.15. The monoisotopic (exact) mass is 255 g/mol. The largest absolute Gasteiger partial charge is 0.387 e. The maximum atomic E-state index is 12.3. The summed E-state index contributed by atoms with van der Waals surface area (Å²) >= 11 is 0. The van der Waals surface area contributed by atoms with Crippen LogP contribution in [0.3, 0.4) is 0 Å². The summed E-state index contributed by atoms with van der Waals surface area (Å²) < 4.78 is 0. The summed E-state index contributed by atoms with van der Waals surface area (Å²) in [6.07, 6.45) is 1.59. The molecule has 0 spiro atoms. The third-order valence-electron chi connectivity index (χ3n) is 2.95. The van der Waals surface area contributed by atoms with Gasteiger partial charge in [-0.05, 0) is 31.5 Å². The van der Waals surface area contributed by atoms with Gasteiger partial charge in [0.15, 0.2) is 0 Å². The minimum atomic E-state index is -0.161. The Hall–Kier alpha value is -2.36. The van der Waals surface area contributed by atoms with Gasteiger partial charge in [-0.2, -0.15) is 0 Å². The summed E-state index contributed by atoms with van der Waals surface area (Å²) in [4.78, 5) is 16.4. The Morgan fingerprint density at radius 1 is 1.16 bits per heavy atom. The molecule has 0 saturated heterocycles. The van der Waals surface area contributed by atoms with Crippen LogP contribution in [-0.2, 0) is 0 Å². The van der Waals surface area contributed by atoms with Crippen LogP contribution in [0.15, 0.2) is 36.5 Å². The topological polar surface area (TPSA) is 54.0 Å². The van der Waals surface area contributed by atoms with Gasteiger partial charge in [0.25, 0.3) is 5.91 Å². The second-order valence-electron chi connectivity index (χ2n) is 4.39. The molecule has 98 valence electrons. The molecule has 0 aliphatic heterocycles. The molecule has 0 bridgehead atoms. The van der Waals surface area contributed by atoms with Crippen molar-refractivity contribution in [1.29, 1.82) is 0 Å². The summed E-state index contributed by atoms with van der Waals surface area (Å²) in [6, 6.07) is 9.54. The fourth-order valence-electron chi connectivity index (χ4n) is 1.85. The zero-order chi connectivity index (χ0) is 13.8. The molecule has 0 aliphatic rings. The Labute approximate surface area is 112 Å². The van der Waals surface area contributed by atoms with E-state index in [1.54, 1.807) is 13.2 Å². The highest BCUT2D eigenvalue weighted by atomic mass is 16.1. The van der Waals surface area contributed by atoms with E-state index in [1.807, 2.05) is 44.2 Å². The number of pyridine rings is 1. The molecule has 0 saturated carbocycles. The minimum absolute atomic E-state index is 0.161. The molecule has 0 fully saturated rings. The lowest BCUT2D eigenvalue weighted by Gasteiger charge is -2.11. The Balaban J connectivity index is 2.28. The number of benzene rings is 1. The van der Waals surface area contributed by atoms with Crippen LogP contribution in [0, 0.1) is 13.8 Å². The van der Waals surface area contributed by atoms with E-state index < -0.39 is 0 Å². The molecular weight excluding hydrogens is 238 g/mol. The van der Waals surface area contributed by atoms with E-state index in [4.69, 9.17) is 0 Å². The normalized spacial score (nSPS) is 10.1. The number of rotatable bonds is 3. The first-order chi connectivity index (χ1) is 9.11. The summed E-state index contributed by atoms with van der Waals surface area (Å²) in [7, 11) is 1.79. The average molecular weight is 255 g/mol. The van der Waals surface area contributed by atoms with Crippen molar-refractivity contribution in [2.75, 3.05) is 17.7 Å². The van der Waals surface area contributed by atoms with Gasteiger partial charge in [0.2, 0.25) is 0 Å². The zero-order valence-electron chi connectivity index (χ0n) is 11.3. The van der Waals surface area contributed by atoms with Crippen LogP contribution in [-0.4, -0.2) is 17.9 Å². The van der Waals surface area contributed by atoms with Gasteiger partial charge in [0.1, 0.15) is 0 Å². The van der Waals surface area contributed by atoms with Gasteiger partial charge in [-0.3, -0.25) is 9.78 Å². The van der Waals surface area contributed by atoms with Gasteiger partial charge in [0.05, 0.1) is 11.3 Å². The second-order valence-corrected chi connectivity index (χ2v) is 4.39. The van der Waals surface area contributed by atoms with E-state index in [9.17, 15) is 4.79 Å². The first kappa shape index (κ1) is 13.1. The molecule has 19 heavy (non-hydrogen) atoms.